The van der Waals surface area contributed by atoms with E-state index in [-0.39, 0.29) is 71.0 Å². The van der Waals surface area contributed by atoms with Crippen molar-refractivity contribution >= 4 is 29.2 Å². The smallest absolute Gasteiger partial charge is 0.261 e. The first kappa shape index (κ1) is 29.2. The number of carbonyl (C=O) groups excluding carboxylic acids is 2. The Kier molecular flexibility index (Phi) is 7.95. The number of ether oxygens (including phenoxy) is 1. The Bertz CT molecular complexity index is 1370. The Morgan fingerprint density at radius 1 is 1.29 bits per heavy atom. The quantitative estimate of drug-likeness (QED) is 0.466. The van der Waals surface area contributed by atoms with Crippen molar-refractivity contribution < 1.29 is 27.5 Å². The number of carbonyl (C=O) groups is 2. The number of piperazine rings is 1. The number of pyridine rings is 1. The molecule has 4 heterocycles. The van der Waals surface area contributed by atoms with Gasteiger partial charge in [-0.1, -0.05) is 30.3 Å². The Hall–Kier alpha value is -3.31. The highest BCUT2D eigenvalue weighted by atomic mass is 35.5. The second-order valence-electron chi connectivity index (χ2n) is 11.3. The first-order chi connectivity index (χ1) is 19.4. The van der Waals surface area contributed by atoms with Crippen molar-refractivity contribution in [3.8, 4) is 17.0 Å². The van der Waals surface area contributed by atoms with Crippen LogP contribution in [0.15, 0.2) is 36.9 Å². The van der Waals surface area contributed by atoms with Gasteiger partial charge in [0.15, 0.2) is 5.75 Å². The van der Waals surface area contributed by atoms with Gasteiger partial charge < -0.3 is 19.4 Å². The number of alkyl halides is 2. The molecule has 0 spiro atoms. The van der Waals surface area contributed by atoms with Gasteiger partial charge in [-0.3, -0.25) is 14.5 Å². The number of hydrogen-bond acceptors (Lipinski definition) is 6. The highest BCUT2D eigenvalue weighted by molar-refractivity contribution is 6.35. The Morgan fingerprint density at radius 2 is 2.02 bits per heavy atom. The van der Waals surface area contributed by atoms with Crippen LogP contribution in [-0.2, 0) is 4.79 Å². The normalized spacial score (nSPS) is 22.0. The number of aromatic nitrogens is 1. The summed E-state index contributed by atoms with van der Waals surface area (Å²) in [4.78, 5) is 38.2. The lowest BCUT2D eigenvalue weighted by atomic mass is 9.98. The van der Waals surface area contributed by atoms with Gasteiger partial charge in [-0.05, 0) is 45.5 Å². The van der Waals surface area contributed by atoms with Crippen molar-refractivity contribution in [1.82, 2.24) is 19.7 Å². The van der Waals surface area contributed by atoms with Crippen LogP contribution in [0.1, 0.15) is 30.6 Å². The predicted octanol–water partition coefficient (Wildman–Crippen LogP) is 4.33. The molecule has 3 aliphatic rings. The van der Waals surface area contributed by atoms with E-state index in [4.69, 9.17) is 21.3 Å². The van der Waals surface area contributed by atoms with Crippen LogP contribution in [0.2, 0.25) is 5.02 Å². The number of benzene rings is 1. The minimum absolute atomic E-state index is 0.00411. The highest BCUT2D eigenvalue weighted by Gasteiger charge is 2.46. The number of likely N-dealkylation sites (N-methyl/N-ethyl adjacent to an activating group) is 1. The van der Waals surface area contributed by atoms with E-state index < -0.39 is 30.4 Å². The third kappa shape index (κ3) is 5.37. The fourth-order valence-corrected chi connectivity index (χ4v) is 6.34. The molecule has 0 unspecified atom stereocenters. The number of hydrogen-bond donors (Lipinski definition) is 0. The van der Waals surface area contributed by atoms with Gasteiger partial charge in [0.05, 0.1) is 18.3 Å². The minimum atomic E-state index is -2.49. The van der Waals surface area contributed by atoms with Crippen LogP contribution < -0.4 is 9.64 Å². The van der Waals surface area contributed by atoms with Crippen molar-refractivity contribution in [2.75, 3.05) is 51.3 Å². The Balaban J connectivity index is 1.64. The van der Waals surface area contributed by atoms with Gasteiger partial charge in [0, 0.05) is 43.3 Å². The van der Waals surface area contributed by atoms with Gasteiger partial charge in [0.25, 0.3) is 12.3 Å². The number of amides is 2. The van der Waals surface area contributed by atoms with Crippen LogP contribution >= 0.6 is 11.6 Å². The van der Waals surface area contributed by atoms with Crippen molar-refractivity contribution in [1.29, 1.82) is 0 Å². The topological polar surface area (TPSA) is 69.2 Å². The molecule has 8 nitrogen and oxygen atoms in total. The third-order valence-corrected chi connectivity index (χ3v) is 8.58. The number of fused-ring (bicyclic) bond motifs is 2. The molecule has 2 saturated heterocycles. The molecule has 0 bridgehead atoms. The molecule has 220 valence electrons. The maximum Gasteiger partial charge on any atom is 0.261 e. The summed E-state index contributed by atoms with van der Waals surface area (Å²) in [6, 6.07) is 5.36. The molecule has 0 saturated carbocycles. The lowest BCUT2D eigenvalue weighted by molar-refractivity contribution is -0.128. The zero-order valence-electron chi connectivity index (χ0n) is 23.2. The highest BCUT2D eigenvalue weighted by Crippen LogP contribution is 2.47. The van der Waals surface area contributed by atoms with E-state index in [0.29, 0.717) is 19.5 Å². The van der Waals surface area contributed by atoms with E-state index in [0.717, 1.165) is 0 Å². The molecule has 1 aromatic heterocycles. The summed E-state index contributed by atoms with van der Waals surface area (Å²) >= 11 is 6.84. The zero-order chi connectivity index (χ0) is 29.6. The first-order valence-electron chi connectivity index (χ1n) is 13.5. The summed E-state index contributed by atoms with van der Waals surface area (Å²) in [7, 11) is 1.65. The van der Waals surface area contributed by atoms with Crippen molar-refractivity contribution in [3.63, 3.8) is 0 Å². The van der Waals surface area contributed by atoms with E-state index in [2.05, 4.69) is 6.58 Å². The molecule has 3 aliphatic heterocycles. The lowest BCUT2D eigenvalue weighted by Gasteiger charge is -2.40. The molecule has 1 aromatic carbocycles. The summed E-state index contributed by atoms with van der Waals surface area (Å²) in [5.74, 6) is -0.789. The maximum absolute atomic E-state index is 15.0. The number of nitrogens with zero attached hydrogens (tertiary/aromatic N) is 5. The minimum Gasteiger partial charge on any atom is -0.489 e. The van der Waals surface area contributed by atoms with E-state index >= 15 is 4.39 Å². The Morgan fingerprint density at radius 3 is 2.71 bits per heavy atom. The number of rotatable bonds is 6. The molecule has 0 radical (unpaired) electrons. The summed E-state index contributed by atoms with van der Waals surface area (Å²) in [5.41, 5.74) is -0.185. The predicted molar refractivity (Wildman–Crippen MR) is 150 cm³/mol. The van der Waals surface area contributed by atoms with Crippen molar-refractivity contribution in [2.24, 2.45) is 0 Å². The van der Waals surface area contributed by atoms with Crippen LogP contribution in [0.5, 0.6) is 5.75 Å². The van der Waals surface area contributed by atoms with Crippen LogP contribution in [0.3, 0.4) is 0 Å². The molecule has 0 N–H and O–H groups in total. The van der Waals surface area contributed by atoms with Gasteiger partial charge in [-0.15, -0.1) is 0 Å². The summed E-state index contributed by atoms with van der Waals surface area (Å²) in [6.45, 7) is 8.29. The van der Waals surface area contributed by atoms with Gasteiger partial charge in [0.1, 0.15) is 28.8 Å². The fraction of sp³-hybridized carbons (Fsp3) is 0.483. The Labute approximate surface area is 242 Å². The van der Waals surface area contributed by atoms with E-state index in [1.54, 1.807) is 39.9 Å². The molecular formula is C29H33ClF3N5O3. The fourth-order valence-electron chi connectivity index (χ4n) is 6.05. The van der Waals surface area contributed by atoms with E-state index in [1.165, 1.54) is 12.1 Å². The molecule has 41 heavy (non-hydrogen) atoms. The standard InChI is InChI=1S/C29H33ClF3N5O3/c1-5-22(39)36-10-11-37-18(13-36)16-41-26-23(28(37)40)27(34-25(24(26)30)19-8-6-7-9-20(19)31)38-14-17(12-29(38,2)3)35(4)15-21(32)33/h5-9,17-18,21H,1,10-16H2,2-4H3/t17-,18-/m1/s1. The van der Waals surface area contributed by atoms with E-state index in [9.17, 15) is 18.4 Å². The molecule has 0 aliphatic carbocycles. The molecule has 2 atom stereocenters. The third-order valence-electron chi connectivity index (χ3n) is 8.23. The van der Waals surface area contributed by atoms with Crippen molar-refractivity contribution in [3.05, 3.63) is 53.3 Å². The van der Waals surface area contributed by atoms with Crippen LogP contribution in [0.4, 0.5) is 19.0 Å². The maximum atomic E-state index is 15.0. The molecule has 2 fully saturated rings. The van der Waals surface area contributed by atoms with Crippen molar-refractivity contribution in [2.45, 2.75) is 44.3 Å². The van der Waals surface area contributed by atoms with Gasteiger partial charge in [-0.25, -0.2) is 18.2 Å². The average molecular weight is 592 g/mol. The molecule has 2 amide bonds. The number of anilines is 1. The lowest BCUT2D eigenvalue weighted by Crippen LogP contribution is -2.57. The SMILES string of the molecule is C=CC(=O)N1CCN2C(=O)c3c(N4C[C@H](N(C)CC(F)F)CC4(C)C)nc(-c4ccccc4F)c(Cl)c3OC[C@H]2C1. The molecular weight excluding hydrogens is 559 g/mol. The molecule has 2 aromatic rings. The van der Waals surface area contributed by atoms with Crippen LogP contribution in [-0.4, -0.2) is 102 Å². The average Bonchev–Trinajstić information content (AvgIpc) is 3.17. The largest absolute Gasteiger partial charge is 0.489 e. The summed E-state index contributed by atoms with van der Waals surface area (Å²) < 4.78 is 47.7. The second kappa shape index (κ2) is 11.2. The summed E-state index contributed by atoms with van der Waals surface area (Å²) in [6.07, 6.45) is -0.724. The van der Waals surface area contributed by atoms with Gasteiger partial charge >= 0.3 is 0 Å². The first-order valence-corrected chi connectivity index (χ1v) is 13.9. The summed E-state index contributed by atoms with van der Waals surface area (Å²) in [5, 5.41) is 0.00411. The van der Waals surface area contributed by atoms with Crippen LogP contribution in [0, 0.1) is 5.82 Å². The monoisotopic (exact) mass is 591 g/mol. The number of halogens is 4. The molecule has 12 heteroatoms. The van der Waals surface area contributed by atoms with E-state index in [1.807, 2.05) is 18.7 Å². The zero-order valence-corrected chi connectivity index (χ0v) is 24.0. The van der Waals surface area contributed by atoms with Gasteiger partial charge in [0.2, 0.25) is 5.91 Å². The second-order valence-corrected chi connectivity index (χ2v) is 11.7. The van der Waals surface area contributed by atoms with Crippen LogP contribution in [0.25, 0.3) is 11.3 Å². The van der Waals surface area contributed by atoms with Gasteiger partial charge in [-0.2, -0.15) is 0 Å². The molecule has 5 rings (SSSR count).